The van der Waals surface area contributed by atoms with E-state index >= 15 is 0 Å². The van der Waals surface area contributed by atoms with Gasteiger partial charge in [-0.05, 0) is 0 Å². The molecule has 0 aliphatic rings. The zero-order valence-corrected chi connectivity index (χ0v) is 13.0. The average Bonchev–Trinajstić information content (AvgIpc) is 2.86. The van der Waals surface area contributed by atoms with E-state index in [-0.39, 0.29) is 0 Å². The van der Waals surface area contributed by atoms with Gasteiger partial charge in [-0.3, -0.25) is 0 Å². The fraction of sp³-hybridized carbons (Fsp3) is 0.0526. The van der Waals surface area contributed by atoms with Crippen LogP contribution in [0.4, 0.5) is 0 Å². The molecule has 96 valence electrons. The molecule has 4 rings (SSSR count). The van der Waals surface area contributed by atoms with Gasteiger partial charge in [0.2, 0.25) is 0 Å². The summed E-state index contributed by atoms with van der Waals surface area (Å²) < 4.78 is 3.04. The molecule has 0 aliphatic heterocycles. The number of hydrogen-bond donors (Lipinski definition) is 0. The second-order valence-electron chi connectivity index (χ2n) is 5.15. The van der Waals surface area contributed by atoms with E-state index < -0.39 is 0 Å². The van der Waals surface area contributed by atoms with Gasteiger partial charge in [0.05, 0.1) is 0 Å². The van der Waals surface area contributed by atoms with Crippen LogP contribution < -0.4 is 0 Å². The Morgan fingerprint density at radius 3 is 2.45 bits per heavy atom. The molecule has 0 nitrogen and oxygen atoms in total. The molecule has 0 bridgehead atoms. The van der Waals surface area contributed by atoms with E-state index in [1.54, 1.807) is 0 Å². The summed E-state index contributed by atoms with van der Waals surface area (Å²) >= 11 is 0.423. The molecule has 0 N–H and O–H groups in total. The van der Waals surface area contributed by atoms with Crippen LogP contribution in [0.1, 0.15) is 5.56 Å². The molecule has 0 fully saturated rings. The van der Waals surface area contributed by atoms with Gasteiger partial charge in [0.15, 0.2) is 0 Å². The van der Waals surface area contributed by atoms with Crippen molar-refractivity contribution in [3.05, 3.63) is 72.3 Å². The molecule has 20 heavy (non-hydrogen) atoms. The molecule has 0 amide bonds. The Labute approximate surface area is 124 Å². The number of aryl methyl sites for hydroxylation is 1. The molecule has 1 heteroatoms. The van der Waals surface area contributed by atoms with E-state index in [1.165, 1.54) is 36.0 Å². The van der Waals surface area contributed by atoms with Crippen LogP contribution in [0.15, 0.2) is 66.7 Å². The summed E-state index contributed by atoms with van der Waals surface area (Å²) in [4.78, 5) is 0. The molecular weight excluding hydrogens is 307 g/mol. The Bertz CT molecular complexity index is 915. The normalized spacial score (nSPS) is 11.2. The number of benzene rings is 3. The molecule has 3 aromatic carbocycles. The van der Waals surface area contributed by atoms with Crippen molar-refractivity contribution < 1.29 is 0 Å². The van der Waals surface area contributed by atoms with E-state index in [9.17, 15) is 0 Å². The third-order valence-corrected chi connectivity index (χ3v) is 6.29. The van der Waals surface area contributed by atoms with Gasteiger partial charge in [0.25, 0.3) is 0 Å². The quantitative estimate of drug-likeness (QED) is 0.432. The minimum atomic E-state index is 0.423. The molecule has 1 heterocycles. The second-order valence-corrected chi connectivity index (χ2v) is 7.36. The topological polar surface area (TPSA) is 0 Å². The second kappa shape index (κ2) is 4.63. The Balaban J connectivity index is 2.10. The summed E-state index contributed by atoms with van der Waals surface area (Å²) in [5.74, 6) is 0. The van der Waals surface area contributed by atoms with Crippen LogP contribution in [0.3, 0.4) is 0 Å². The van der Waals surface area contributed by atoms with Gasteiger partial charge in [-0.25, -0.2) is 0 Å². The monoisotopic (exact) mass is 322 g/mol. The molecule has 0 radical (unpaired) electrons. The first-order valence-electron chi connectivity index (χ1n) is 6.80. The molecule has 4 aromatic rings. The Kier molecular flexibility index (Phi) is 2.77. The molecule has 1 aromatic heterocycles. The molecule has 0 saturated heterocycles. The number of rotatable bonds is 1. The van der Waals surface area contributed by atoms with Crippen LogP contribution in [0, 0.1) is 6.92 Å². The molecule has 0 unspecified atom stereocenters. The SMILES string of the molecule is Cc1cccc(-c2cccc3c2[se]c2ccccc23)c1. The minimum absolute atomic E-state index is 0.423. The first-order valence-corrected chi connectivity index (χ1v) is 8.51. The summed E-state index contributed by atoms with van der Waals surface area (Å²) in [6.45, 7) is 2.16. The maximum atomic E-state index is 2.29. The Morgan fingerprint density at radius 2 is 1.55 bits per heavy atom. The van der Waals surface area contributed by atoms with Crippen molar-refractivity contribution >= 4 is 33.8 Å². The fourth-order valence-corrected chi connectivity index (χ4v) is 5.39. The van der Waals surface area contributed by atoms with E-state index in [0.717, 1.165) is 0 Å². The zero-order valence-electron chi connectivity index (χ0n) is 11.3. The van der Waals surface area contributed by atoms with Gasteiger partial charge in [-0.15, -0.1) is 0 Å². The van der Waals surface area contributed by atoms with Crippen molar-refractivity contribution in [1.82, 2.24) is 0 Å². The van der Waals surface area contributed by atoms with Crippen molar-refractivity contribution in [3.8, 4) is 11.1 Å². The van der Waals surface area contributed by atoms with Crippen LogP contribution in [-0.4, -0.2) is 14.5 Å². The van der Waals surface area contributed by atoms with E-state index in [1.807, 2.05) is 0 Å². The summed E-state index contributed by atoms with van der Waals surface area (Å²) in [7, 11) is 0. The van der Waals surface area contributed by atoms with Crippen LogP contribution in [0.25, 0.3) is 30.4 Å². The van der Waals surface area contributed by atoms with Crippen molar-refractivity contribution in [3.63, 3.8) is 0 Å². The third kappa shape index (κ3) is 1.83. The molecule has 0 atom stereocenters. The predicted molar refractivity (Wildman–Crippen MR) is 88.6 cm³/mol. The van der Waals surface area contributed by atoms with Crippen molar-refractivity contribution in [1.29, 1.82) is 0 Å². The van der Waals surface area contributed by atoms with E-state index in [2.05, 4.69) is 73.7 Å². The van der Waals surface area contributed by atoms with Crippen molar-refractivity contribution in [2.24, 2.45) is 0 Å². The predicted octanol–water partition coefficient (Wildman–Crippen LogP) is 5.03. The van der Waals surface area contributed by atoms with Gasteiger partial charge in [-0.2, -0.15) is 0 Å². The van der Waals surface area contributed by atoms with Gasteiger partial charge >= 0.3 is 124 Å². The molecular formula is C19H14Se. The van der Waals surface area contributed by atoms with Crippen molar-refractivity contribution in [2.75, 3.05) is 0 Å². The van der Waals surface area contributed by atoms with Gasteiger partial charge in [0, 0.05) is 0 Å². The third-order valence-electron chi connectivity index (χ3n) is 3.73. The van der Waals surface area contributed by atoms with Gasteiger partial charge in [0.1, 0.15) is 0 Å². The number of hydrogen-bond acceptors (Lipinski definition) is 0. The summed E-state index contributed by atoms with van der Waals surface area (Å²) in [6.07, 6.45) is 0. The average molecular weight is 321 g/mol. The Morgan fingerprint density at radius 1 is 0.750 bits per heavy atom. The zero-order chi connectivity index (χ0) is 13.5. The first-order chi connectivity index (χ1) is 9.83. The standard InChI is InChI=1S/C19H14Se/c1-13-6-4-7-14(12-13)15-9-5-10-17-16-8-2-3-11-18(16)20-19(15)17/h2-12H,1H3. The van der Waals surface area contributed by atoms with Crippen LogP contribution >= 0.6 is 0 Å². The molecule has 0 saturated carbocycles. The first kappa shape index (κ1) is 12.0. The summed E-state index contributed by atoms with van der Waals surface area (Å²) in [5.41, 5.74) is 4.07. The molecule has 0 spiro atoms. The van der Waals surface area contributed by atoms with E-state index in [0.29, 0.717) is 14.5 Å². The molecule has 0 aliphatic carbocycles. The van der Waals surface area contributed by atoms with Crippen molar-refractivity contribution in [2.45, 2.75) is 6.92 Å². The number of fused-ring (bicyclic) bond motifs is 3. The fourth-order valence-electron chi connectivity index (χ4n) is 2.79. The van der Waals surface area contributed by atoms with Gasteiger partial charge in [-0.1, -0.05) is 0 Å². The van der Waals surface area contributed by atoms with Crippen LogP contribution in [0.2, 0.25) is 0 Å². The Hall–Kier alpha value is -1.82. The van der Waals surface area contributed by atoms with Gasteiger partial charge < -0.3 is 0 Å². The van der Waals surface area contributed by atoms with E-state index in [4.69, 9.17) is 0 Å². The summed E-state index contributed by atoms with van der Waals surface area (Å²) in [5, 5.41) is 2.86. The van der Waals surface area contributed by atoms with Crippen LogP contribution in [-0.2, 0) is 0 Å². The van der Waals surface area contributed by atoms with Crippen LogP contribution in [0.5, 0.6) is 0 Å². The maximum absolute atomic E-state index is 2.29. The summed E-state index contributed by atoms with van der Waals surface area (Å²) in [6, 6.07) is 24.4.